The number of allylic oxidation sites excluding steroid dienone is 1. The van der Waals surface area contributed by atoms with Gasteiger partial charge in [0.15, 0.2) is 11.6 Å². The van der Waals surface area contributed by atoms with Crippen LogP contribution in [0.5, 0.6) is 6.01 Å². The number of ether oxygens (including phenoxy) is 1. The second kappa shape index (κ2) is 9.77. The van der Waals surface area contributed by atoms with Crippen LogP contribution in [-0.4, -0.2) is 27.8 Å². The molecule has 2 aromatic rings. The van der Waals surface area contributed by atoms with Crippen LogP contribution < -0.4 is 4.74 Å². The summed E-state index contributed by atoms with van der Waals surface area (Å²) in [4.78, 5) is 7.93. The topological polar surface area (TPSA) is 55.2 Å². The molecule has 1 unspecified atom stereocenters. The van der Waals surface area contributed by atoms with Gasteiger partial charge >= 0.3 is 6.01 Å². The normalized spacial score (nSPS) is 12.3. The molecule has 1 aromatic carbocycles. The van der Waals surface area contributed by atoms with Crippen LogP contribution in [-0.2, 0) is 0 Å². The van der Waals surface area contributed by atoms with Crippen molar-refractivity contribution >= 4 is 6.08 Å². The molecule has 0 aliphatic heterocycles. The van der Waals surface area contributed by atoms with E-state index < -0.39 is 11.6 Å². The van der Waals surface area contributed by atoms with Crippen molar-refractivity contribution in [2.24, 2.45) is 0 Å². The van der Waals surface area contributed by atoms with Crippen molar-refractivity contribution in [2.75, 3.05) is 6.61 Å². The van der Waals surface area contributed by atoms with Crippen LogP contribution in [0.3, 0.4) is 0 Å². The predicted octanol–water partition coefficient (Wildman–Crippen LogP) is 4.55. The third kappa shape index (κ3) is 5.46. The summed E-state index contributed by atoms with van der Waals surface area (Å²) in [6.07, 6.45) is 9.44. The van der Waals surface area contributed by atoms with Gasteiger partial charge in [0.05, 0.1) is 6.10 Å². The first kappa shape index (κ1) is 19.7. The van der Waals surface area contributed by atoms with E-state index in [1.807, 2.05) is 0 Å². The van der Waals surface area contributed by atoms with E-state index in [-0.39, 0.29) is 29.8 Å². The fourth-order valence-corrected chi connectivity index (χ4v) is 2.32. The summed E-state index contributed by atoms with van der Waals surface area (Å²) in [6.45, 7) is 5.51. The van der Waals surface area contributed by atoms with E-state index in [0.29, 0.717) is 18.4 Å². The summed E-state index contributed by atoms with van der Waals surface area (Å²) in [7, 11) is 0. The summed E-state index contributed by atoms with van der Waals surface area (Å²) < 4.78 is 33.8. The Morgan fingerprint density at radius 1 is 1.23 bits per heavy atom. The molecule has 0 spiro atoms. The molecule has 0 aliphatic rings. The number of aliphatic hydroxyl groups is 1. The Bertz CT molecular complexity index is 759. The molecule has 1 heterocycles. The lowest BCUT2D eigenvalue weighted by Gasteiger charge is -2.07. The van der Waals surface area contributed by atoms with Gasteiger partial charge < -0.3 is 9.84 Å². The van der Waals surface area contributed by atoms with Crippen LogP contribution in [0.4, 0.5) is 8.78 Å². The van der Waals surface area contributed by atoms with Crippen LogP contribution >= 0.6 is 0 Å². The van der Waals surface area contributed by atoms with Crippen molar-refractivity contribution in [3.8, 4) is 17.1 Å². The largest absolute Gasteiger partial charge is 0.459 e. The minimum Gasteiger partial charge on any atom is -0.459 e. The van der Waals surface area contributed by atoms with Gasteiger partial charge in [-0.15, -0.1) is 0 Å². The lowest BCUT2D eigenvalue weighted by Crippen LogP contribution is -1.99. The maximum atomic E-state index is 14.4. The van der Waals surface area contributed by atoms with E-state index >= 15 is 0 Å². The third-order valence-electron chi connectivity index (χ3n) is 3.67. The van der Waals surface area contributed by atoms with Crippen LogP contribution in [0.15, 0.2) is 43.3 Å². The molecule has 138 valence electrons. The molecule has 0 radical (unpaired) electrons. The zero-order valence-corrected chi connectivity index (χ0v) is 14.7. The highest BCUT2D eigenvalue weighted by molar-refractivity contribution is 5.65. The fraction of sp³-hybridized carbons (Fsp3) is 0.300. The lowest BCUT2D eigenvalue weighted by atomic mass is 10.0. The number of unbranched alkanes of at least 4 members (excludes halogenated alkanes) is 1. The Hall–Kier alpha value is -2.60. The number of nitrogens with zero attached hydrogens (tertiary/aromatic N) is 2. The molecule has 1 N–H and O–H groups in total. The highest BCUT2D eigenvalue weighted by Crippen LogP contribution is 2.26. The Labute approximate surface area is 151 Å². The second-order valence-electron chi connectivity index (χ2n) is 5.87. The SMILES string of the molecule is C=CCOc1ncc(-c2ccc(/C=C/CCCC(C)O)c(F)c2F)cn1. The Morgan fingerprint density at radius 3 is 2.62 bits per heavy atom. The van der Waals surface area contributed by atoms with Crippen molar-refractivity contribution in [1.82, 2.24) is 9.97 Å². The molecule has 0 saturated carbocycles. The van der Waals surface area contributed by atoms with Crippen molar-refractivity contribution in [2.45, 2.75) is 32.3 Å². The smallest absolute Gasteiger partial charge is 0.316 e. The molecule has 4 nitrogen and oxygen atoms in total. The molecule has 0 fully saturated rings. The third-order valence-corrected chi connectivity index (χ3v) is 3.67. The summed E-state index contributed by atoms with van der Waals surface area (Å²) in [5, 5.41) is 9.19. The van der Waals surface area contributed by atoms with Gasteiger partial charge in [-0.2, -0.15) is 0 Å². The molecule has 0 bridgehead atoms. The first-order chi connectivity index (χ1) is 12.5. The number of hydrogen-bond donors (Lipinski definition) is 1. The van der Waals surface area contributed by atoms with E-state index in [1.54, 1.807) is 25.2 Å². The quantitative estimate of drug-likeness (QED) is 0.526. The number of aromatic nitrogens is 2. The number of benzene rings is 1. The van der Waals surface area contributed by atoms with Crippen LogP contribution in [0.25, 0.3) is 17.2 Å². The Morgan fingerprint density at radius 2 is 1.96 bits per heavy atom. The van der Waals surface area contributed by atoms with Gasteiger partial charge in [-0.3, -0.25) is 0 Å². The molecule has 2 rings (SSSR count). The van der Waals surface area contributed by atoms with E-state index in [9.17, 15) is 13.9 Å². The number of aliphatic hydroxyl groups excluding tert-OH is 1. The van der Waals surface area contributed by atoms with Gasteiger partial charge in [0.1, 0.15) is 6.61 Å². The molecule has 1 aromatic heterocycles. The van der Waals surface area contributed by atoms with Gasteiger partial charge in [0.25, 0.3) is 0 Å². The number of halogens is 2. The zero-order valence-electron chi connectivity index (χ0n) is 14.7. The van der Waals surface area contributed by atoms with E-state index in [0.717, 1.165) is 6.42 Å². The van der Waals surface area contributed by atoms with Gasteiger partial charge in [0.2, 0.25) is 0 Å². The minimum atomic E-state index is -0.945. The van der Waals surface area contributed by atoms with Crippen LogP contribution in [0, 0.1) is 11.6 Å². The van der Waals surface area contributed by atoms with E-state index in [4.69, 9.17) is 4.74 Å². The molecular weight excluding hydrogens is 338 g/mol. The van der Waals surface area contributed by atoms with Crippen molar-refractivity contribution < 1.29 is 18.6 Å². The predicted molar refractivity (Wildman–Crippen MR) is 97.6 cm³/mol. The van der Waals surface area contributed by atoms with Gasteiger partial charge in [-0.05, 0) is 26.2 Å². The summed E-state index contributed by atoms with van der Waals surface area (Å²) in [5.41, 5.74) is 0.624. The van der Waals surface area contributed by atoms with Crippen molar-refractivity contribution in [3.05, 3.63) is 60.5 Å². The number of rotatable bonds is 9. The zero-order chi connectivity index (χ0) is 18.9. The summed E-state index contributed by atoms with van der Waals surface area (Å²) in [5.74, 6) is -1.86. The summed E-state index contributed by atoms with van der Waals surface area (Å²) in [6, 6.07) is 3.16. The minimum absolute atomic E-state index is 0.0871. The maximum Gasteiger partial charge on any atom is 0.316 e. The Balaban J connectivity index is 2.11. The summed E-state index contributed by atoms with van der Waals surface area (Å²) >= 11 is 0. The van der Waals surface area contributed by atoms with Gasteiger partial charge in [-0.1, -0.05) is 36.9 Å². The first-order valence-corrected chi connectivity index (χ1v) is 8.41. The monoisotopic (exact) mass is 360 g/mol. The first-order valence-electron chi connectivity index (χ1n) is 8.41. The number of hydrogen-bond acceptors (Lipinski definition) is 4. The highest BCUT2D eigenvalue weighted by Gasteiger charge is 2.14. The van der Waals surface area contributed by atoms with Crippen LogP contribution in [0.2, 0.25) is 0 Å². The molecule has 0 saturated heterocycles. The molecule has 6 heteroatoms. The van der Waals surface area contributed by atoms with Crippen molar-refractivity contribution in [3.63, 3.8) is 0 Å². The molecular formula is C20H22F2N2O2. The Kier molecular flexibility index (Phi) is 7.41. The van der Waals surface area contributed by atoms with Crippen LogP contribution in [0.1, 0.15) is 31.7 Å². The molecule has 0 aliphatic carbocycles. The molecule has 1 atom stereocenters. The van der Waals surface area contributed by atoms with Gasteiger partial charge in [-0.25, -0.2) is 18.7 Å². The average Bonchev–Trinajstić information content (AvgIpc) is 2.63. The second-order valence-corrected chi connectivity index (χ2v) is 5.87. The van der Waals surface area contributed by atoms with Gasteiger partial charge in [0, 0.05) is 29.1 Å². The molecule has 26 heavy (non-hydrogen) atoms. The highest BCUT2D eigenvalue weighted by atomic mass is 19.2. The van der Waals surface area contributed by atoms with E-state index in [1.165, 1.54) is 24.5 Å². The average molecular weight is 360 g/mol. The fourth-order valence-electron chi connectivity index (χ4n) is 2.32. The maximum absolute atomic E-state index is 14.4. The lowest BCUT2D eigenvalue weighted by molar-refractivity contribution is 0.182. The van der Waals surface area contributed by atoms with Crippen molar-refractivity contribution in [1.29, 1.82) is 0 Å². The standard InChI is InChI=1S/C20H22F2N2O2/c1-3-11-26-20-23-12-16(13-24-20)17-10-9-15(18(21)19(17)22)8-6-4-5-7-14(2)25/h3,6,8-10,12-14,25H,1,4-5,7,11H2,2H3/b8-6+. The molecule has 0 amide bonds. The van der Waals surface area contributed by atoms with E-state index in [2.05, 4.69) is 16.5 Å².